The van der Waals surface area contributed by atoms with Crippen molar-refractivity contribution >= 4 is 0 Å². The number of hydrogen-bond acceptors (Lipinski definition) is 4. The Hall–Kier alpha value is -1.00. The number of ether oxygens (including phenoxy) is 1. The smallest absolute Gasteiger partial charge is 0.115 e. The molecule has 1 saturated heterocycles. The molecule has 1 aliphatic heterocycles. The highest BCUT2D eigenvalue weighted by Crippen LogP contribution is 2.24. The zero-order valence-corrected chi connectivity index (χ0v) is 9.72. The van der Waals surface area contributed by atoms with Gasteiger partial charge in [0, 0.05) is 30.6 Å². The highest BCUT2D eigenvalue weighted by Gasteiger charge is 2.21. The molecule has 2 rings (SSSR count). The van der Waals surface area contributed by atoms with Gasteiger partial charge in [-0.25, -0.2) is 9.97 Å². The van der Waals surface area contributed by atoms with E-state index in [9.17, 15) is 0 Å². The Balaban J connectivity index is 1.99. The number of aromatic nitrogens is 2. The van der Waals surface area contributed by atoms with Gasteiger partial charge in [-0.1, -0.05) is 6.92 Å². The van der Waals surface area contributed by atoms with Gasteiger partial charge in [-0.2, -0.15) is 0 Å². The van der Waals surface area contributed by atoms with Crippen molar-refractivity contribution in [2.45, 2.75) is 38.3 Å². The van der Waals surface area contributed by atoms with Gasteiger partial charge in [-0.15, -0.1) is 0 Å². The predicted molar refractivity (Wildman–Crippen MR) is 62.0 cm³/mol. The van der Waals surface area contributed by atoms with Crippen LogP contribution in [-0.4, -0.2) is 29.2 Å². The number of rotatable bonds is 5. The maximum absolute atomic E-state index is 5.67. The van der Waals surface area contributed by atoms with Crippen LogP contribution in [0.15, 0.2) is 18.7 Å². The third-order valence-corrected chi connectivity index (χ3v) is 2.96. The van der Waals surface area contributed by atoms with E-state index in [1.54, 1.807) is 6.33 Å². The quantitative estimate of drug-likeness (QED) is 0.822. The molecule has 0 amide bonds. The van der Waals surface area contributed by atoms with Crippen molar-refractivity contribution in [2.75, 3.05) is 13.2 Å². The molecule has 1 aliphatic rings. The highest BCUT2D eigenvalue weighted by molar-refractivity contribution is 5.09. The highest BCUT2D eigenvalue weighted by atomic mass is 16.5. The molecular weight excluding hydrogens is 202 g/mol. The third-order valence-electron chi connectivity index (χ3n) is 2.96. The lowest BCUT2D eigenvalue weighted by Gasteiger charge is -2.20. The molecule has 2 heterocycles. The maximum atomic E-state index is 5.67. The number of nitrogens with one attached hydrogen (secondary N) is 1. The average Bonchev–Trinajstić information content (AvgIpc) is 2.83. The molecule has 4 nitrogen and oxygen atoms in total. The van der Waals surface area contributed by atoms with E-state index in [0.29, 0.717) is 12.1 Å². The van der Waals surface area contributed by atoms with Crippen molar-refractivity contribution in [2.24, 2.45) is 0 Å². The van der Waals surface area contributed by atoms with Gasteiger partial charge >= 0.3 is 0 Å². The van der Waals surface area contributed by atoms with Gasteiger partial charge < -0.3 is 10.1 Å². The van der Waals surface area contributed by atoms with Gasteiger partial charge in [0.15, 0.2) is 0 Å². The third kappa shape index (κ3) is 3.00. The molecule has 1 aromatic rings. The first-order chi connectivity index (χ1) is 7.90. The topological polar surface area (TPSA) is 47.0 Å². The van der Waals surface area contributed by atoms with Crippen LogP contribution in [0.1, 0.15) is 37.8 Å². The Kier molecular flexibility index (Phi) is 4.25. The molecule has 88 valence electrons. The van der Waals surface area contributed by atoms with Crippen LogP contribution in [0.2, 0.25) is 0 Å². The average molecular weight is 221 g/mol. The number of nitrogens with zero attached hydrogens (tertiary/aromatic N) is 2. The largest absolute Gasteiger partial charge is 0.378 e. The second-order valence-corrected chi connectivity index (χ2v) is 4.15. The summed E-state index contributed by atoms with van der Waals surface area (Å²) in [5.41, 5.74) is 1.15. The summed E-state index contributed by atoms with van der Waals surface area (Å²) in [6, 6.07) is 0.314. The van der Waals surface area contributed by atoms with Gasteiger partial charge in [-0.3, -0.25) is 0 Å². The second-order valence-electron chi connectivity index (χ2n) is 4.15. The molecule has 0 saturated carbocycles. The molecule has 2 atom stereocenters. The maximum Gasteiger partial charge on any atom is 0.115 e. The summed E-state index contributed by atoms with van der Waals surface area (Å²) in [5, 5.41) is 3.47. The molecule has 16 heavy (non-hydrogen) atoms. The standard InChI is InChI=1S/C12H19N3O/c1-2-15-12(6-11-4-3-5-16-11)10-7-13-9-14-8-10/h7-9,11-12,15H,2-6H2,1H3. The first-order valence-electron chi connectivity index (χ1n) is 6.00. The van der Waals surface area contributed by atoms with Gasteiger partial charge in [0.2, 0.25) is 0 Å². The molecule has 0 aliphatic carbocycles. The summed E-state index contributed by atoms with van der Waals surface area (Å²) in [7, 11) is 0. The van der Waals surface area contributed by atoms with Gasteiger partial charge in [0.25, 0.3) is 0 Å². The zero-order valence-electron chi connectivity index (χ0n) is 9.72. The van der Waals surface area contributed by atoms with E-state index in [-0.39, 0.29) is 0 Å². The van der Waals surface area contributed by atoms with Crippen LogP contribution in [0.3, 0.4) is 0 Å². The Morgan fingerprint density at radius 1 is 1.50 bits per heavy atom. The zero-order chi connectivity index (χ0) is 11.2. The fourth-order valence-electron chi connectivity index (χ4n) is 2.17. The van der Waals surface area contributed by atoms with E-state index in [2.05, 4.69) is 22.2 Å². The molecule has 2 unspecified atom stereocenters. The molecule has 1 aromatic heterocycles. The Bertz CT molecular complexity index is 298. The summed E-state index contributed by atoms with van der Waals surface area (Å²) >= 11 is 0. The van der Waals surface area contributed by atoms with E-state index in [1.807, 2.05) is 12.4 Å². The molecular formula is C12H19N3O. The van der Waals surface area contributed by atoms with Crippen LogP contribution in [0.25, 0.3) is 0 Å². The van der Waals surface area contributed by atoms with Crippen LogP contribution >= 0.6 is 0 Å². The van der Waals surface area contributed by atoms with Crippen molar-refractivity contribution in [1.29, 1.82) is 0 Å². The first-order valence-corrected chi connectivity index (χ1v) is 6.00. The second kappa shape index (κ2) is 5.92. The molecule has 0 bridgehead atoms. The fraction of sp³-hybridized carbons (Fsp3) is 0.667. The van der Waals surface area contributed by atoms with Crippen LogP contribution in [-0.2, 0) is 4.74 Å². The summed E-state index contributed by atoms with van der Waals surface area (Å²) in [6.07, 6.45) is 9.11. The van der Waals surface area contributed by atoms with Crippen LogP contribution in [0.5, 0.6) is 0 Å². The van der Waals surface area contributed by atoms with Crippen LogP contribution < -0.4 is 5.32 Å². The summed E-state index contributed by atoms with van der Waals surface area (Å²) < 4.78 is 5.67. The monoisotopic (exact) mass is 221 g/mol. The lowest BCUT2D eigenvalue weighted by molar-refractivity contribution is 0.0947. The Labute approximate surface area is 96.4 Å². The lowest BCUT2D eigenvalue weighted by atomic mass is 10.0. The first kappa shape index (κ1) is 11.5. The van der Waals surface area contributed by atoms with Gasteiger partial charge in [0.05, 0.1) is 6.10 Å². The van der Waals surface area contributed by atoms with Crippen molar-refractivity contribution in [3.8, 4) is 0 Å². The Morgan fingerprint density at radius 2 is 2.31 bits per heavy atom. The molecule has 0 spiro atoms. The molecule has 1 fully saturated rings. The minimum atomic E-state index is 0.314. The van der Waals surface area contributed by atoms with E-state index >= 15 is 0 Å². The van der Waals surface area contributed by atoms with E-state index in [4.69, 9.17) is 4.74 Å². The van der Waals surface area contributed by atoms with E-state index in [0.717, 1.165) is 25.1 Å². The molecule has 0 radical (unpaired) electrons. The van der Waals surface area contributed by atoms with Gasteiger partial charge in [0.1, 0.15) is 6.33 Å². The predicted octanol–water partition coefficient (Wildman–Crippen LogP) is 1.70. The minimum Gasteiger partial charge on any atom is -0.378 e. The fourth-order valence-corrected chi connectivity index (χ4v) is 2.17. The van der Waals surface area contributed by atoms with Crippen molar-refractivity contribution in [3.05, 3.63) is 24.3 Å². The minimum absolute atomic E-state index is 0.314. The lowest BCUT2D eigenvalue weighted by Crippen LogP contribution is -2.25. The normalized spacial score (nSPS) is 22.2. The van der Waals surface area contributed by atoms with Gasteiger partial charge in [-0.05, 0) is 25.8 Å². The van der Waals surface area contributed by atoms with Crippen LogP contribution in [0.4, 0.5) is 0 Å². The van der Waals surface area contributed by atoms with Crippen molar-refractivity contribution in [3.63, 3.8) is 0 Å². The summed E-state index contributed by atoms with van der Waals surface area (Å²) in [5.74, 6) is 0. The molecule has 0 aromatic carbocycles. The summed E-state index contributed by atoms with van der Waals surface area (Å²) in [4.78, 5) is 8.14. The van der Waals surface area contributed by atoms with Crippen molar-refractivity contribution < 1.29 is 4.74 Å². The Morgan fingerprint density at radius 3 is 2.94 bits per heavy atom. The van der Waals surface area contributed by atoms with E-state index < -0.39 is 0 Å². The number of hydrogen-bond donors (Lipinski definition) is 1. The van der Waals surface area contributed by atoms with Crippen molar-refractivity contribution in [1.82, 2.24) is 15.3 Å². The SMILES string of the molecule is CCNC(CC1CCCO1)c1cncnc1. The van der Waals surface area contributed by atoms with Crippen LogP contribution in [0, 0.1) is 0 Å². The molecule has 4 heteroatoms. The summed E-state index contributed by atoms with van der Waals surface area (Å²) in [6.45, 7) is 3.98. The molecule has 1 N–H and O–H groups in total. The van der Waals surface area contributed by atoms with E-state index in [1.165, 1.54) is 12.8 Å².